The van der Waals surface area contributed by atoms with Gasteiger partial charge in [0.15, 0.2) is 0 Å². The summed E-state index contributed by atoms with van der Waals surface area (Å²) in [5.41, 5.74) is 2.63. The smallest absolute Gasteiger partial charge is 0.237 e. The second-order valence-corrected chi connectivity index (χ2v) is 5.38. The molecule has 0 bridgehead atoms. The number of aryl methyl sites for hydroxylation is 1. The summed E-state index contributed by atoms with van der Waals surface area (Å²) >= 11 is 0. The molecule has 0 aromatic heterocycles. The van der Waals surface area contributed by atoms with Crippen molar-refractivity contribution in [2.75, 3.05) is 37.6 Å². The minimum atomic E-state index is -0.0334. The minimum absolute atomic E-state index is 0.0334. The van der Waals surface area contributed by atoms with Crippen LogP contribution in [0, 0.1) is 6.92 Å². The van der Waals surface area contributed by atoms with Gasteiger partial charge >= 0.3 is 0 Å². The van der Waals surface area contributed by atoms with Crippen LogP contribution in [0.5, 0.6) is 0 Å². The summed E-state index contributed by atoms with van der Waals surface area (Å²) in [6.07, 6.45) is 0. The summed E-state index contributed by atoms with van der Waals surface area (Å²) in [6.45, 7) is 10.6. The zero-order valence-electron chi connectivity index (χ0n) is 12.7. The van der Waals surface area contributed by atoms with E-state index in [-0.39, 0.29) is 11.9 Å². The molecular formula is C16H25N3O. The van der Waals surface area contributed by atoms with Gasteiger partial charge < -0.3 is 10.2 Å². The van der Waals surface area contributed by atoms with Gasteiger partial charge in [0.2, 0.25) is 5.91 Å². The molecule has 0 radical (unpaired) electrons. The average molecular weight is 275 g/mol. The first-order chi connectivity index (χ1) is 9.63. The second kappa shape index (κ2) is 6.75. The molecule has 1 unspecified atom stereocenters. The molecule has 110 valence electrons. The van der Waals surface area contributed by atoms with E-state index in [0.29, 0.717) is 6.54 Å². The van der Waals surface area contributed by atoms with Crippen molar-refractivity contribution in [1.82, 2.24) is 10.2 Å². The van der Waals surface area contributed by atoms with Crippen molar-refractivity contribution in [3.8, 4) is 0 Å². The SMILES string of the molecule is CCNC(=O)C(C)N1CCN(c2ccccc2C)CC1. The van der Waals surface area contributed by atoms with Gasteiger partial charge in [0.25, 0.3) is 0 Å². The number of nitrogens with one attached hydrogen (secondary N) is 1. The fourth-order valence-corrected chi connectivity index (χ4v) is 2.76. The third kappa shape index (κ3) is 3.31. The Hall–Kier alpha value is -1.55. The summed E-state index contributed by atoms with van der Waals surface area (Å²) in [5.74, 6) is 0.136. The maximum absolute atomic E-state index is 11.9. The summed E-state index contributed by atoms with van der Waals surface area (Å²) < 4.78 is 0. The van der Waals surface area contributed by atoms with E-state index >= 15 is 0 Å². The lowest BCUT2D eigenvalue weighted by Crippen LogP contribution is -2.54. The third-order valence-electron chi connectivity index (χ3n) is 4.05. The van der Waals surface area contributed by atoms with Crippen LogP contribution < -0.4 is 10.2 Å². The molecule has 4 nitrogen and oxygen atoms in total. The molecular weight excluding hydrogens is 250 g/mol. The Morgan fingerprint density at radius 3 is 2.50 bits per heavy atom. The fraction of sp³-hybridized carbons (Fsp3) is 0.562. The Balaban J connectivity index is 1.92. The summed E-state index contributed by atoms with van der Waals surface area (Å²) in [4.78, 5) is 16.6. The third-order valence-corrected chi connectivity index (χ3v) is 4.05. The quantitative estimate of drug-likeness (QED) is 0.907. The van der Waals surface area contributed by atoms with Crippen LogP contribution in [0.25, 0.3) is 0 Å². The van der Waals surface area contributed by atoms with Crippen molar-refractivity contribution in [3.63, 3.8) is 0 Å². The number of piperazine rings is 1. The van der Waals surface area contributed by atoms with Crippen molar-refractivity contribution in [1.29, 1.82) is 0 Å². The molecule has 0 aliphatic carbocycles. The molecule has 1 amide bonds. The van der Waals surface area contributed by atoms with Crippen LogP contribution in [-0.2, 0) is 4.79 Å². The van der Waals surface area contributed by atoms with E-state index in [9.17, 15) is 4.79 Å². The Morgan fingerprint density at radius 1 is 1.25 bits per heavy atom. The summed E-state index contributed by atoms with van der Waals surface area (Å²) in [7, 11) is 0. The van der Waals surface area contributed by atoms with Crippen LogP contribution in [0.1, 0.15) is 19.4 Å². The van der Waals surface area contributed by atoms with Crippen LogP contribution in [0.15, 0.2) is 24.3 Å². The maximum Gasteiger partial charge on any atom is 0.237 e. The first-order valence-electron chi connectivity index (χ1n) is 7.45. The van der Waals surface area contributed by atoms with Gasteiger partial charge in [-0.05, 0) is 32.4 Å². The second-order valence-electron chi connectivity index (χ2n) is 5.38. The average Bonchev–Trinajstić information content (AvgIpc) is 2.47. The number of amides is 1. The number of likely N-dealkylation sites (N-methyl/N-ethyl adjacent to an activating group) is 1. The van der Waals surface area contributed by atoms with Crippen molar-refractivity contribution < 1.29 is 4.79 Å². The Bertz CT molecular complexity index is 453. The van der Waals surface area contributed by atoms with E-state index < -0.39 is 0 Å². The zero-order chi connectivity index (χ0) is 14.5. The standard InChI is InChI=1S/C16H25N3O/c1-4-17-16(20)14(3)18-9-11-19(12-10-18)15-8-6-5-7-13(15)2/h5-8,14H,4,9-12H2,1-3H3,(H,17,20). The van der Waals surface area contributed by atoms with Gasteiger partial charge in [0.05, 0.1) is 6.04 Å². The van der Waals surface area contributed by atoms with Gasteiger partial charge in [-0.15, -0.1) is 0 Å². The van der Waals surface area contributed by atoms with Gasteiger partial charge in [-0.3, -0.25) is 9.69 Å². The number of carbonyl (C=O) groups excluding carboxylic acids is 1. The highest BCUT2D eigenvalue weighted by molar-refractivity contribution is 5.81. The molecule has 1 aliphatic rings. The molecule has 2 rings (SSSR count). The molecule has 1 aromatic carbocycles. The number of carbonyl (C=O) groups is 1. The van der Waals surface area contributed by atoms with Gasteiger partial charge in [0.1, 0.15) is 0 Å². The zero-order valence-corrected chi connectivity index (χ0v) is 12.7. The van der Waals surface area contributed by atoms with Crippen LogP contribution in [-0.4, -0.2) is 49.6 Å². The lowest BCUT2D eigenvalue weighted by Gasteiger charge is -2.39. The molecule has 1 atom stereocenters. The van der Waals surface area contributed by atoms with E-state index in [2.05, 4.69) is 46.3 Å². The lowest BCUT2D eigenvalue weighted by molar-refractivity contribution is -0.125. The van der Waals surface area contributed by atoms with Crippen LogP contribution in [0.3, 0.4) is 0 Å². The molecule has 1 fully saturated rings. The van der Waals surface area contributed by atoms with Gasteiger partial charge in [0, 0.05) is 38.4 Å². The Kier molecular flexibility index (Phi) is 5.01. The topological polar surface area (TPSA) is 35.6 Å². The molecule has 1 N–H and O–H groups in total. The number of rotatable bonds is 4. The normalized spacial score (nSPS) is 17.9. The van der Waals surface area contributed by atoms with Crippen molar-refractivity contribution in [2.45, 2.75) is 26.8 Å². The summed E-state index contributed by atoms with van der Waals surface area (Å²) in [5, 5.41) is 2.90. The predicted molar refractivity (Wildman–Crippen MR) is 83.1 cm³/mol. The van der Waals surface area contributed by atoms with Gasteiger partial charge in [-0.25, -0.2) is 0 Å². The largest absolute Gasteiger partial charge is 0.369 e. The van der Waals surface area contributed by atoms with E-state index in [4.69, 9.17) is 0 Å². The molecule has 1 heterocycles. The molecule has 4 heteroatoms. The maximum atomic E-state index is 11.9. The van der Waals surface area contributed by atoms with E-state index in [1.165, 1.54) is 11.3 Å². The van der Waals surface area contributed by atoms with Gasteiger partial charge in [-0.1, -0.05) is 18.2 Å². The highest BCUT2D eigenvalue weighted by Crippen LogP contribution is 2.21. The number of nitrogens with zero attached hydrogens (tertiary/aromatic N) is 2. The number of benzene rings is 1. The number of hydrogen-bond donors (Lipinski definition) is 1. The van der Waals surface area contributed by atoms with Crippen LogP contribution in [0.4, 0.5) is 5.69 Å². The van der Waals surface area contributed by atoms with E-state index in [1.807, 2.05) is 13.8 Å². The van der Waals surface area contributed by atoms with Crippen molar-refractivity contribution in [2.24, 2.45) is 0 Å². The first kappa shape index (κ1) is 14.9. The highest BCUT2D eigenvalue weighted by atomic mass is 16.2. The van der Waals surface area contributed by atoms with E-state index in [1.54, 1.807) is 0 Å². The van der Waals surface area contributed by atoms with Crippen molar-refractivity contribution in [3.05, 3.63) is 29.8 Å². The highest BCUT2D eigenvalue weighted by Gasteiger charge is 2.25. The van der Waals surface area contributed by atoms with E-state index in [0.717, 1.165) is 26.2 Å². The van der Waals surface area contributed by atoms with Crippen molar-refractivity contribution >= 4 is 11.6 Å². The number of para-hydroxylation sites is 1. The minimum Gasteiger partial charge on any atom is -0.369 e. The summed E-state index contributed by atoms with van der Waals surface area (Å²) in [6, 6.07) is 8.46. The monoisotopic (exact) mass is 275 g/mol. The molecule has 0 saturated carbocycles. The molecule has 1 saturated heterocycles. The Labute approximate surface area is 121 Å². The fourth-order valence-electron chi connectivity index (χ4n) is 2.76. The molecule has 1 aliphatic heterocycles. The molecule has 20 heavy (non-hydrogen) atoms. The lowest BCUT2D eigenvalue weighted by atomic mass is 10.1. The molecule has 1 aromatic rings. The Morgan fingerprint density at radius 2 is 1.90 bits per heavy atom. The van der Waals surface area contributed by atoms with Crippen LogP contribution >= 0.6 is 0 Å². The number of anilines is 1. The van der Waals surface area contributed by atoms with Gasteiger partial charge in [-0.2, -0.15) is 0 Å². The predicted octanol–water partition coefficient (Wildman–Crippen LogP) is 1.64. The molecule has 0 spiro atoms. The first-order valence-corrected chi connectivity index (χ1v) is 7.45. The number of hydrogen-bond acceptors (Lipinski definition) is 3. The van der Waals surface area contributed by atoms with Crippen LogP contribution in [0.2, 0.25) is 0 Å².